The number of carbonyl (C=O) groups is 1. The molecule has 0 aliphatic rings. The number of benzene rings is 3. The molecule has 218 valence electrons. The predicted octanol–water partition coefficient (Wildman–Crippen LogP) is 7.22. The summed E-state index contributed by atoms with van der Waals surface area (Å²) in [5, 5.41) is 19.6. The van der Waals surface area contributed by atoms with E-state index in [-0.39, 0.29) is 18.0 Å². The molecule has 0 saturated heterocycles. The number of aryl methyl sites for hydroxylation is 1. The third-order valence-electron chi connectivity index (χ3n) is 7.16. The van der Waals surface area contributed by atoms with Gasteiger partial charge in [0.1, 0.15) is 11.5 Å². The smallest absolute Gasteiger partial charge is 0.253 e. The Morgan fingerprint density at radius 2 is 1.69 bits per heavy atom. The first-order chi connectivity index (χ1) is 20.2. The second-order valence-corrected chi connectivity index (χ2v) is 11.6. The Morgan fingerprint density at radius 1 is 0.952 bits per heavy atom. The molecule has 0 bridgehead atoms. The van der Waals surface area contributed by atoms with Crippen molar-refractivity contribution in [2.24, 2.45) is 5.92 Å². The van der Waals surface area contributed by atoms with E-state index >= 15 is 0 Å². The van der Waals surface area contributed by atoms with Crippen LogP contribution in [0.5, 0.6) is 0 Å². The minimum atomic E-state index is -0.243. The molecule has 0 spiro atoms. The number of nitriles is 1. The molecule has 0 aliphatic carbocycles. The average Bonchev–Trinajstić information content (AvgIpc) is 3.45. The molecule has 6 nitrogen and oxygen atoms in total. The number of amides is 1. The van der Waals surface area contributed by atoms with Gasteiger partial charge in [-0.3, -0.25) is 4.79 Å². The fraction of sp³-hybridized carbons (Fsp3) is 0.314. The summed E-state index contributed by atoms with van der Waals surface area (Å²) in [6.45, 7) is 10.5. The molecule has 1 amide bonds. The zero-order valence-electron chi connectivity index (χ0n) is 24.7. The van der Waals surface area contributed by atoms with Gasteiger partial charge in [0.25, 0.3) is 5.91 Å². The van der Waals surface area contributed by atoms with E-state index < -0.39 is 0 Å². The number of hydrogen-bond donors (Lipinski definition) is 3. The second-order valence-electron chi connectivity index (χ2n) is 11.2. The number of rotatable bonds is 13. The monoisotopic (exact) mass is 582 g/mol. The Bertz CT molecular complexity index is 1500. The molecule has 3 N–H and O–H groups in total. The van der Waals surface area contributed by atoms with Gasteiger partial charge in [0.15, 0.2) is 0 Å². The number of carbonyl (C=O) groups excluding carboxylic acids is 1. The van der Waals surface area contributed by atoms with Crippen LogP contribution in [-0.2, 0) is 13.0 Å². The quantitative estimate of drug-likeness (QED) is 0.155. The maximum atomic E-state index is 13.5. The Balaban J connectivity index is 1.44. The van der Waals surface area contributed by atoms with Gasteiger partial charge < -0.3 is 20.4 Å². The summed E-state index contributed by atoms with van der Waals surface area (Å²) >= 11 is 6.51. The van der Waals surface area contributed by atoms with Crippen LogP contribution in [0.3, 0.4) is 0 Å². The minimum Gasteiger partial charge on any atom is -0.460 e. The lowest BCUT2D eigenvalue weighted by Gasteiger charge is -2.21. The van der Waals surface area contributed by atoms with Crippen LogP contribution < -0.4 is 16.0 Å². The van der Waals surface area contributed by atoms with Gasteiger partial charge in [-0.15, -0.1) is 0 Å². The van der Waals surface area contributed by atoms with Crippen LogP contribution in [0.15, 0.2) is 83.3 Å². The van der Waals surface area contributed by atoms with E-state index in [9.17, 15) is 4.79 Å². The van der Waals surface area contributed by atoms with E-state index in [1.807, 2.05) is 30.3 Å². The molecular formula is C35H39ClN4O2. The Labute approximate surface area is 254 Å². The maximum Gasteiger partial charge on any atom is 0.253 e. The molecule has 4 aromatic rings. The van der Waals surface area contributed by atoms with Crippen molar-refractivity contribution in [2.45, 2.75) is 52.7 Å². The molecule has 4 rings (SSSR count). The molecule has 42 heavy (non-hydrogen) atoms. The van der Waals surface area contributed by atoms with Gasteiger partial charge in [-0.25, -0.2) is 0 Å². The number of nitrogens with one attached hydrogen (secondary N) is 3. The first-order valence-corrected chi connectivity index (χ1v) is 14.8. The van der Waals surface area contributed by atoms with E-state index in [2.05, 4.69) is 74.0 Å². The highest BCUT2D eigenvalue weighted by Gasteiger charge is 2.19. The van der Waals surface area contributed by atoms with E-state index in [0.29, 0.717) is 47.3 Å². The number of halogens is 1. The lowest BCUT2D eigenvalue weighted by Crippen LogP contribution is -2.44. The fourth-order valence-corrected chi connectivity index (χ4v) is 4.89. The normalized spacial score (nSPS) is 12.6. The van der Waals surface area contributed by atoms with Crippen molar-refractivity contribution in [1.82, 2.24) is 16.0 Å². The Kier molecular flexibility index (Phi) is 11.0. The van der Waals surface area contributed by atoms with Crippen molar-refractivity contribution in [2.75, 3.05) is 13.1 Å². The number of hydrogen-bond acceptors (Lipinski definition) is 5. The van der Waals surface area contributed by atoms with Crippen molar-refractivity contribution in [1.29, 1.82) is 5.26 Å². The SMILES string of the molecule is Cc1ccc(C(C)NCc2ccc(-c3ccc(Cl)c(C(=O)NC(CNCC(C)C)Cc4ccc(C#N)cc4)c3)o2)cc1. The summed E-state index contributed by atoms with van der Waals surface area (Å²) in [6, 6.07) is 27.4. The third-order valence-corrected chi connectivity index (χ3v) is 7.49. The van der Waals surface area contributed by atoms with Gasteiger partial charge in [0.2, 0.25) is 0 Å². The molecule has 7 heteroatoms. The zero-order chi connectivity index (χ0) is 30.1. The van der Waals surface area contributed by atoms with Gasteiger partial charge in [-0.2, -0.15) is 5.26 Å². The molecule has 0 radical (unpaired) electrons. The Hall–Kier alpha value is -3.89. The topological polar surface area (TPSA) is 90.1 Å². The highest BCUT2D eigenvalue weighted by Crippen LogP contribution is 2.27. The summed E-state index contributed by atoms with van der Waals surface area (Å²) in [4.78, 5) is 13.5. The van der Waals surface area contributed by atoms with Crippen LogP contribution >= 0.6 is 11.6 Å². The second kappa shape index (κ2) is 14.8. The molecule has 3 aromatic carbocycles. The summed E-state index contributed by atoms with van der Waals surface area (Å²) in [6.07, 6.45) is 0.620. The molecular weight excluding hydrogens is 544 g/mol. The Morgan fingerprint density at radius 3 is 2.38 bits per heavy atom. The van der Waals surface area contributed by atoms with Crippen molar-refractivity contribution in [3.8, 4) is 17.4 Å². The number of furan rings is 1. The van der Waals surface area contributed by atoms with E-state index in [1.165, 1.54) is 11.1 Å². The van der Waals surface area contributed by atoms with Crippen molar-refractivity contribution >= 4 is 17.5 Å². The largest absolute Gasteiger partial charge is 0.460 e. The molecule has 2 unspecified atom stereocenters. The zero-order valence-corrected chi connectivity index (χ0v) is 25.5. The first kappa shape index (κ1) is 31.1. The van der Waals surface area contributed by atoms with Crippen molar-refractivity contribution in [3.63, 3.8) is 0 Å². The average molecular weight is 583 g/mol. The van der Waals surface area contributed by atoms with Gasteiger partial charge in [-0.05, 0) is 86.3 Å². The van der Waals surface area contributed by atoms with E-state index in [0.717, 1.165) is 23.4 Å². The van der Waals surface area contributed by atoms with Crippen LogP contribution in [-0.4, -0.2) is 25.0 Å². The fourth-order valence-electron chi connectivity index (χ4n) is 4.69. The van der Waals surface area contributed by atoms with Crippen LogP contribution in [0, 0.1) is 24.2 Å². The van der Waals surface area contributed by atoms with E-state index in [4.69, 9.17) is 21.3 Å². The highest BCUT2D eigenvalue weighted by atomic mass is 35.5. The lowest BCUT2D eigenvalue weighted by atomic mass is 10.0. The summed E-state index contributed by atoms with van der Waals surface area (Å²) < 4.78 is 6.13. The number of nitrogens with zero attached hydrogens (tertiary/aromatic N) is 1. The lowest BCUT2D eigenvalue weighted by molar-refractivity contribution is 0.0936. The highest BCUT2D eigenvalue weighted by molar-refractivity contribution is 6.34. The van der Waals surface area contributed by atoms with Gasteiger partial charge in [0, 0.05) is 24.2 Å². The van der Waals surface area contributed by atoms with Crippen LogP contribution in [0.1, 0.15) is 65.2 Å². The van der Waals surface area contributed by atoms with Crippen molar-refractivity contribution in [3.05, 3.63) is 117 Å². The summed E-state index contributed by atoms with van der Waals surface area (Å²) in [5.74, 6) is 1.73. The molecule has 0 fully saturated rings. The van der Waals surface area contributed by atoms with Crippen molar-refractivity contribution < 1.29 is 9.21 Å². The molecule has 1 aromatic heterocycles. The minimum absolute atomic E-state index is 0.166. The predicted molar refractivity (Wildman–Crippen MR) is 169 cm³/mol. The molecule has 1 heterocycles. The molecule has 0 saturated carbocycles. The van der Waals surface area contributed by atoms with E-state index in [1.54, 1.807) is 24.3 Å². The van der Waals surface area contributed by atoms with Gasteiger partial charge in [0.05, 0.1) is 28.8 Å². The first-order valence-electron chi connectivity index (χ1n) is 14.4. The third kappa shape index (κ3) is 8.80. The van der Waals surface area contributed by atoms with Gasteiger partial charge >= 0.3 is 0 Å². The van der Waals surface area contributed by atoms with Crippen LogP contribution in [0.2, 0.25) is 5.02 Å². The molecule has 2 atom stereocenters. The van der Waals surface area contributed by atoms with Gasteiger partial charge in [-0.1, -0.05) is 67.4 Å². The van der Waals surface area contributed by atoms with Crippen LogP contribution in [0.25, 0.3) is 11.3 Å². The van der Waals surface area contributed by atoms with Crippen LogP contribution in [0.4, 0.5) is 0 Å². The summed E-state index contributed by atoms with van der Waals surface area (Å²) in [5.41, 5.74) is 5.29. The standard InChI is InChI=1S/C35H39ClN4O2/c1-23(2)20-38-21-30(17-26-7-9-27(19-37)10-8-26)40-35(41)32-18-29(13-15-33(32)36)34-16-14-31(42-34)22-39-25(4)28-11-5-24(3)6-12-28/h5-16,18,23,25,30,38-39H,17,20-22H2,1-4H3,(H,40,41). The summed E-state index contributed by atoms with van der Waals surface area (Å²) in [7, 11) is 0. The maximum absolute atomic E-state index is 13.5. The molecule has 0 aliphatic heterocycles.